The summed E-state index contributed by atoms with van der Waals surface area (Å²) in [7, 11) is 1.34. The van der Waals surface area contributed by atoms with E-state index in [-0.39, 0.29) is 24.2 Å². The van der Waals surface area contributed by atoms with Gasteiger partial charge in [0.2, 0.25) is 5.91 Å². The van der Waals surface area contributed by atoms with E-state index in [1.54, 1.807) is 4.90 Å². The monoisotopic (exact) mass is 197 g/mol. The predicted octanol–water partition coefficient (Wildman–Crippen LogP) is 0.584. The third-order valence-corrected chi connectivity index (χ3v) is 2.21. The fourth-order valence-electron chi connectivity index (χ4n) is 1.58. The standard InChI is InChI=1S/C10H15NO3/c1-7(2)5-11-6-8(4-9(11)12)10(13)14-3/h8H,1,4-6H2,2-3H3. The summed E-state index contributed by atoms with van der Waals surface area (Å²) in [5.74, 6) is -0.599. The second-order valence-corrected chi connectivity index (χ2v) is 3.66. The zero-order chi connectivity index (χ0) is 10.7. The molecule has 0 aromatic rings. The smallest absolute Gasteiger partial charge is 0.310 e. The van der Waals surface area contributed by atoms with Crippen molar-refractivity contribution in [2.45, 2.75) is 13.3 Å². The van der Waals surface area contributed by atoms with E-state index >= 15 is 0 Å². The number of carbonyl (C=O) groups is 2. The summed E-state index contributed by atoms with van der Waals surface area (Å²) in [5, 5.41) is 0. The molecule has 1 aliphatic rings. The van der Waals surface area contributed by atoms with Crippen molar-refractivity contribution in [1.82, 2.24) is 4.90 Å². The van der Waals surface area contributed by atoms with Gasteiger partial charge in [-0.25, -0.2) is 0 Å². The van der Waals surface area contributed by atoms with Gasteiger partial charge in [0.05, 0.1) is 13.0 Å². The summed E-state index contributed by atoms with van der Waals surface area (Å²) < 4.78 is 4.60. The van der Waals surface area contributed by atoms with Crippen molar-refractivity contribution in [2.24, 2.45) is 5.92 Å². The molecule has 1 aliphatic heterocycles. The van der Waals surface area contributed by atoms with Crippen LogP contribution in [0.4, 0.5) is 0 Å². The highest BCUT2D eigenvalue weighted by atomic mass is 16.5. The number of ether oxygens (including phenoxy) is 1. The van der Waals surface area contributed by atoms with E-state index in [9.17, 15) is 9.59 Å². The average molecular weight is 197 g/mol. The lowest BCUT2D eigenvalue weighted by Crippen LogP contribution is -2.27. The Morgan fingerprint density at radius 1 is 1.71 bits per heavy atom. The van der Waals surface area contributed by atoms with E-state index < -0.39 is 0 Å². The quantitative estimate of drug-likeness (QED) is 0.491. The Bertz CT molecular complexity index is 273. The number of methoxy groups -OCH3 is 1. The molecule has 4 nitrogen and oxygen atoms in total. The number of hydrogen-bond donors (Lipinski definition) is 0. The molecule has 1 unspecified atom stereocenters. The van der Waals surface area contributed by atoms with Crippen molar-refractivity contribution in [2.75, 3.05) is 20.2 Å². The lowest BCUT2D eigenvalue weighted by atomic mass is 10.1. The maximum atomic E-state index is 11.4. The van der Waals surface area contributed by atoms with Gasteiger partial charge in [-0.05, 0) is 6.92 Å². The fraction of sp³-hybridized carbons (Fsp3) is 0.600. The van der Waals surface area contributed by atoms with Crippen molar-refractivity contribution >= 4 is 11.9 Å². The van der Waals surface area contributed by atoms with Crippen molar-refractivity contribution in [3.63, 3.8) is 0 Å². The summed E-state index contributed by atoms with van der Waals surface area (Å²) in [6, 6.07) is 0. The molecule has 0 spiro atoms. The second-order valence-electron chi connectivity index (χ2n) is 3.66. The van der Waals surface area contributed by atoms with Gasteiger partial charge in [0.25, 0.3) is 0 Å². The number of amides is 1. The maximum Gasteiger partial charge on any atom is 0.310 e. The van der Waals surface area contributed by atoms with Gasteiger partial charge < -0.3 is 9.64 Å². The van der Waals surface area contributed by atoms with Crippen LogP contribution in [0, 0.1) is 5.92 Å². The molecule has 1 saturated heterocycles. The van der Waals surface area contributed by atoms with Crippen LogP contribution in [0.1, 0.15) is 13.3 Å². The number of likely N-dealkylation sites (tertiary alicyclic amines) is 1. The first-order chi connectivity index (χ1) is 6.54. The molecular weight excluding hydrogens is 182 g/mol. The summed E-state index contributed by atoms with van der Waals surface area (Å²) in [4.78, 5) is 24.2. The Balaban J connectivity index is 2.55. The van der Waals surface area contributed by atoms with E-state index in [0.717, 1.165) is 5.57 Å². The van der Waals surface area contributed by atoms with Crippen LogP contribution in [0.5, 0.6) is 0 Å². The summed E-state index contributed by atoms with van der Waals surface area (Å²) in [6.07, 6.45) is 0.264. The molecule has 1 amide bonds. The van der Waals surface area contributed by atoms with Crippen LogP contribution in [-0.2, 0) is 14.3 Å². The largest absolute Gasteiger partial charge is 0.469 e. The molecule has 78 valence electrons. The molecule has 1 rings (SSSR count). The second kappa shape index (κ2) is 4.26. The van der Waals surface area contributed by atoms with Gasteiger partial charge in [0.1, 0.15) is 0 Å². The van der Waals surface area contributed by atoms with Crippen LogP contribution in [0.2, 0.25) is 0 Å². The Morgan fingerprint density at radius 2 is 2.36 bits per heavy atom. The van der Waals surface area contributed by atoms with Crippen molar-refractivity contribution < 1.29 is 14.3 Å². The molecule has 0 saturated carbocycles. The van der Waals surface area contributed by atoms with Crippen molar-refractivity contribution in [3.05, 3.63) is 12.2 Å². The normalized spacial score (nSPS) is 21.1. The number of nitrogens with zero attached hydrogens (tertiary/aromatic N) is 1. The maximum absolute atomic E-state index is 11.4. The number of esters is 1. The van der Waals surface area contributed by atoms with Crippen LogP contribution in [-0.4, -0.2) is 37.0 Å². The average Bonchev–Trinajstić information content (AvgIpc) is 2.46. The zero-order valence-corrected chi connectivity index (χ0v) is 8.58. The topological polar surface area (TPSA) is 46.6 Å². The number of hydrogen-bond acceptors (Lipinski definition) is 3. The lowest BCUT2D eigenvalue weighted by Gasteiger charge is -2.15. The molecular formula is C10H15NO3. The van der Waals surface area contributed by atoms with Crippen molar-refractivity contribution in [1.29, 1.82) is 0 Å². The Kier molecular flexibility index (Phi) is 3.28. The van der Waals surface area contributed by atoms with E-state index in [4.69, 9.17) is 0 Å². The number of rotatable bonds is 3. The Morgan fingerprint density at radius 3 is 2.86 bits per heavy atom. The van der Waals surface area contributed by atoms with Crippen LogP contribution in [0.15, 0.2) is 12.2 Å². The lowest BCUT2D eigenvalue weighted by molar-refractivity contribution is -0.145. The molecule has 0 radical (unpaired) electrons. The molecule has 0 aromatic carbocycles. The number of carbonyl (C=O) groups excluding carboxylic acids is 2. The van der Waals surface area contributed by atoms with E-state index in [2.05, 4.69) is 11.3 Å². The minimum atomic E-state index is -0.303. The van der Waals surface area contributed by atoms with Gasteiger partial charge in [-0.2, -0.15) is 0 Å². The first-order valence-electron chi connectivity index (χ1n) is 4.54. The fourth-order valence-corrected chi connectivity index (χ4v) is 1.58. The molecule has 1 heterocycles. The van der Waals surface area contributed by atoms with E-state index in [1.807, 2.05) is 6.92 Å². The minimum absolute atomic E-state index is 0.00315. The van der Waals surface area contributed by atoms with Crippen LogP contribution in [0.3, 0.4) is 0 Å². The van der Waals surface area contributed by atoms with E-state index in [0.29, 0.717) is 13.1 Å². The Labute approximate surface area is 83.5 Å². The van der Waals surface area contributed by atoms with E-state index in [1.165, 1.54) is 7.11 Å². The predicted molar refractivity (Wildman–Crippen MR) is 51.5 cm³/mol. The van der Waals surface area contributed by atoms with Crippen LogP contribution < -0.4 is 0 Å². The van der Waals surface area contributed by atoms with Gasteiger partial charge in [0, 0.05) is 19.5 Å². The van der Waals surface area contributed by atoms with Gasteiger partial charge >= 0.3 is 5.97 Å². The third kappa shape index (κ3) is 2.34. The third-order valence-electron chi connectivity index (χ3n) is 2.21. The van der Waals surface area contributed by atoms with Gasteiger partial charge in [-0.15, -0.1) is 0 Å². The van der Waals surface area contributed by atoms with Crippen molar-refractivity contribution in [3.8, 4) is 0 Å². The summed E-state index contributed by atoms with van der Waals surface area (Å²) in [6.45, 7) is 6.58. The molecule has 0 aromatic heterocycles. The molecule has 0 aliphatic carbocycles. The first-order valence-corrected chi connectivity index (χ1v) is 4.54. The van der Waals surface area contributed by atoms with Gasteiger partial charge in [-0.1, -0.05) is 12.2 Å². The highest BCUT2D eigenvalue weighted by Crippen LogP contribution is 2.19. The SMILES string of the molecule is C=C(C)CN1CC(C(=O)OC)CC1=O. The highest BCUT2D eigenvalue weighted by molar-refractivity contribution is 5.86. The molecule has 14 heavy (non-hydrogen) atoms. The first kappa shape index (κ1) is 10.8. The van der Waals surface area contributed by atoms with Crippen LogP contribution >= 0.6 is 0 Å². The summed E-state index contributed by atoms with van der Waals surface area (Å²) >= 11 is 0. The molecule has 1 atom stereocenters. The molecule has 1 fully saturated rings. The Hall–Kier alpha value is -1.32. The zero-order valence-electron chi connectivity index (χ0n) is 8.58. The minimum Gasteiger partial charge on any atom is -0.469 e. The molecule has 0 bridgehead atoms. The van der Waals surface area contributed by atoms with Crippen LogP contribution in [0.25, 0.3) is 0 Å². The van der Waals surface area contributed by atoms with Gasteiger partial charge in [0.15, 0.2) is 0 Å². The molecule has 4 heteroatoms. The van der Waals surface area contributed by atoms with Gasteiger partial charge in [-0.3, -0.25) is 9.59 Å². The summed E-state index contributed by atoms with van der Waals surface area (Å²) in [5.41, 5.74) is 0.920. The highest BCUT2D eigenvalue weighted by Gasteiger charge is 2.34. The molecule has 0 N–H and O–H groups in total.